The van der Waals surface area contributed by atoms with E-state index in [-0.39, 0.29) is 17.8 Å². The number of benzene rings is 2. The summed E-state index contributed by atoms with van der Waals surface area (Å²) < 4.78 is 12.9. The van der Waals surface area contributed by atoms with Crippen molar-refractivity contribution in [2.45, 2.75) is 24.1 Å². The number of aromatic nitrogens is 3. The third kappa shape index (κ3) is 5.38. The molecule has 1 aromatic heterocycles. The highest BCUT2D eigenvalue weighted by atomic mass is 35.5. The van der Waals surface area contributed by atoms with Crippen molar-refractivity contribution in [2.75, 3.05) is 26.0 Å². The van der Waals surface area contributed by atoms with E-state index in [2.05, 4.69) is 15.5 Å². The van der Waals surface area contributed by atoms with E-state index in [0.717, 1.165) is 25.0 Å². The second kappa shape index (κ2) is 10.6. The first-order valence-corrected chi connectivity index (χ1v) is 11.9. The molecule has 1 amide bonds. The van der Waals surface area contributed by atoms with Crippen molar-refractivity contribution in [3.8, 4) is 22.8 Å². The lowest BCUT2D eigenvalue weighted by Gasteiger charge is -2.15. The van der Waals surface area contributed by atoms with E-state index < -0.39 is 0 Å². The van der Waals surface area contributed by atoms with Gasteiger partial charge in [-0.25, -0.2) is 0 Å². The van der Waals surface area contributed by atoms with E-state index >= 15 is 0 Å². The van der Waals surface area contributed by atoms with Crippen molar-refractivity contribution in [1.29, 1.82) is 0 Å². The van der Waals surface area contributed by atoms with Gasteiger partial charge in [0.05, 0.1) is 24.7 Å². The predicted molar refractivity (Wildman–Crippen MR) is 126 cm³/mol. The van der Waals surface area contributed by atoms with E-state index in [9.17, 15) is 4.79 Å². The Bertz CT molecular complexity index is 1100. The maximum atomic E-state index is 12.4. The van der Waals surface area contributed by atoms with Crippen LogP contribution in [0.2, 0.25) is 10.0 Å². The second-order valence-corrected chi connectivity index (χ2v) is 9.01. The van der Waals surface area contributed by atoms with Gasteiger partial charge in [0.2, 0.25) is 5.91 Å². The molecule has 0 aliphatic carbocycles. The number of ether oxygens (including phenoxy) is 2. The smallest absolute Gasteiger partial charge is 0.230 e. The van der Waals surface area contributed by atoms with Gasteiger partial charge in [-0.05, 0) is 43.2 Å². The van der Waals surface area contributed by atoms with Crippen LogP contribution in [0.5, 0.6) is 5.75 Å². The first-order chi connectivity index (χ1) is 15.5. The van der Waals surface area contributed by atoms with Crippen molar-refractivity contribution in [2.24, 2.45) is 0 Å². The van der Waals surface area contributed by atoms with Gasteiger partial charge in [-0.2, -0.15) is 0 Å². The molecule has 0 bridgehead atoms. The molecule has 2 aromatic carbocycles. The molecule has 1 atom stereocenters. The Hall–Kier alpha value is -2.26. The number of nitrogens with zero attached hydrogens (tertiary/aromatic N) is 3. The Balaban J connectivity index is 1.62. The molecular weight excluding hydrogens is 471 g/mol. The topological polar surface area (TPSA) is 78.3 Å². The zero-order chi connectivity index (χ0) is 22.5. The van der Waals surface area contributed by atoms with Crippen LogP contribution in [0.15, 0.2) is 47.6 Å². The summed E-state index contributed by atoms with van der Waals surface area (Å²) in [5, 5.41) is 13.3. The normalized spacial score (nSPS) is 15.7. The van der Waals surface area contributed by atoms with Gasteiger partial charge in [0.15, 0.2) is 11.0 Å². The summed E-state index contributed by atoms with van der Waals surface area (Å²) in [7, 11) is 1.58. The average molecular weight is 493 g/mol. The minimum absolute atomic E-state index is 0.0950. The highest BCUT2D eigenvalue weighted by Gasteiger charge is 2.21. The van der Waals surface area contributed by atoms with Crippen molar-refractivity contribution in [1.82, 2.24) is 20.1 Å². The Labute approximate surface area is 200 Å². The van der Waals surface area contributed by atoms with Gasteiger partial charge >= 0.3 is 0 Å². The lowest BCUT2D eigenvalue weighted by molar-refractivity contribution is -0.119. The third-order valence-corrected chi connectivity index (χ3v) is 6.38. The van der Waals surface area contributed by atoms with Crippen LogP contribution in [0.3, 0.4) is 0 Å². The predicted octanol–water partition coefficient (Wildman–Crippen LogP) is 4.64. The molecule has 0 saturated carbocycles. The first kappa shape index (κ1) is 22.9. The number of nitrogens with one attached hydrogen (secondary N) is 1. The summed E-state index contributed by atoms with van der Waals surface area (Å²) >= 11 is 13.8. The standard InChI is InChI=1S/C22H22Cl2N4O3S/c1-30-19-8-7-16(24)11-18(19)28-21(14-4-2-5-15(23)10-14)26-27-22(28)32-13-20(29)25-12-17-6-3-9-31-17/h2,4-5,7-8,10-11,17H,3,6,9,12-13H2,1H3,(H,25,29). The van der Waals surface area contributed by atoms with Gasteiger partial charge in [0, 0.05) is 28.8 Å². The van der Waals surface area contributed by atoms with Crippen LogP contribution in [0.25, 0.3) is 17.1 Å². The lowest BCUT2D eigenvalue weighted by atomic mass is 10.2. The summed E-state index contributed by atoms with van der Waals surface area (Å²) in [5.41, 5.74) is 1.45. The third-order valence-electron chi connectivity index (χ3n) is 4.98. The Morgan fingerprint density at radius 1 is 1.25 bits per heavy atom. The van der Waals surface area contributed by atoms with Gasteiger partial charge in [0.25, 0.3) is 0 Å². The molecular formula is C22H22Cl2N4O3S. The molecule has 1 unspecified atom stereocenters. The monoisotopic (exact) mass is 492 g/mol. The van der Waals surface area contributed by atoms with Gasteiger partial charge in [-0.15, -0.1) is 10.2 Å². The van der Waals surface area contributed by atoms with Crippen molar-refractivity contribution in [3.63, 3.8) is 0 Å². The Kier molecular flexibility index (Phi) is 7.57. The fourth-order valence-electron chi connectivity index (χ4n) is 3.45. The minimum atomic E-state index is -0.0950. The zero-order valence-corrected chi connectivity index (χ0v) is 19.7. The summed E-state index contributed by atoms with van der Waals surface area (Å²) in [4.78, 5) is 12.4. The van der Waals surface area contributed by atoms with E-state index in [1.54, 1.807) is 31.4 Å². The van der Waals surface area contributed by atoms with Crippen molar-refractivity contribution >= 4 is 40.9 Å². The number of halogens is 2. The lowest BCUT2D eigenvalue weighted by Crippen LogP contribution is -2.32. The summed E-state index contributed by atoms with van der Waals surface area (Å²) in [6, 6.07) is 12.6. The van der Waals surface area contributed by atoms with Crippen LogP contribution in [0.1, 0.15) is 12.8 Å². The first-order valence-electron chi connectivity index (χ1n) is 10.1. The van der Waals surface area contributed by atoms with Crippen LogP contribution in [-0.2, 0) is 9.53 Å². The molecule has 2 heterocycles. The van der Waals surface area contributed by atoms with Crippen LogP contribution in [0.4, 0.5) is 0 Å². The van der Waals surface area contributed by atoms with Gasteiger partial charge in [0.1, 0.15) is 5.75 Å². The number of thioether (sulfide) groups is 1. The zero-order valence-electron chi connectivity index (χ0n) is 17.4. The molecule has 1 aliphatic rings. The molecule has 1 fully saturated rings. The highest BCUT2D eigenvalue weighted by molar-refractivity contribution is 7.99. The summed E-state index contributed by atoms with van der Waals surface area (Å²) in [6.07, 6.45) is 2.10. The number of carbonyl (C=O) groups excluding carboxylic acids is 1. The molecule has 1 aliphatic heterocycles. The largest absolute Gasteiger partial charge is 0.495 e. The maximum absolute atomic E-state index is 12.4. The SMILES string of the molecule is COc1ccc(Cl)cc1-n1c(SCC(=O)NCC2CCCO2)nnc1-c1cccc(Cl)c1. The van der Waals surface area contributed by atoms with Gasteiger partial charge < -0.3 is 14.8 Å². The minimum Gasteiger partial charge on any atom is -0.495 e. The molecule has 10 heteroatoms. The van der Waals surface area contributed by atoms with E-state index in [4.69, 9.17) is 32.7 Å². The molecule has 0 spiro atoms. The number of carbonyl (C=O) groups is 1. The van der Waals surface area contributed by atoms with E-state index in [1.807, 2.05) is 22.8 Å². The summed E-state index contributed by atoms with van der Waals surface area (Å²) in [5.74, 6) is 1.25. The molecule has 1 saturated heterocycles. The molecule has 4 rings (SSSR count). The number of amides is 1. The number of methoxy groups -OCH3 is 1. The molecule has 0 radical (unpaired) electrons. The van der Waals surface area contributed by atoms with Crippen molar-refractivity contribution < 1.29 is 14.3 Å². The van der Waals surface area contributed by atoms with Crippen LogP contribution < -0.4 is 10.1 Å². The Morgan fingerprint density at radius 3 is 2.84 bits per heavy atom. The van der Waals surface area contributed by atoms with Crippen LogP contribution >= 0.6 is 35.0 Å². The summed E-state index contributed by atoms with van der Waals surface area (Å²) in [6.45, 7) is 1.27. The van der Waals surface area contributed by atoms with Gasteiger partial charge in [-0.3, -0.25) is 9.36 Å². The fourth-order valence-corrected chi connectivity index (χ4v) is 4.58. The van der Waals surface area contributed by atoms with E-state index in [1.165, 1.54) is 11.8 Å². The van der Waals surface area contributed by atoms with E-state index in [0.29, 0.717) is 39.0 Å². The maximum Gasteiger partial charge on any atom is 0.230 e. The van der Waals surface area contributed by atoms with Crippen molar-refractivity contribution in [3.05, 3.63) is 52.5 Å². The number of rotatable bonds is 8. The molecule has 168 valence electrons. The number of hydrogen-bond donors (Lipinski definition) is 1. The molecule has 1 N–H and O–H groups in total. The second-order valence-electron chi connectivity index (χ2n) is 7.20. The number of hydrogen-bond acceptors (Lipinski definition) is 6. The molecule has 32 heavy (non-hydrogen) atoms. The van der Waals surface area contributed by atoms with Crippen LogP contribution in [-0.4, -0.2) is 52.8 Å². The van der Waals surface area contributed by atoms with Gasteiger partial charge in [-0.1, -0.05) is 47.1 Å². The highest BCUT2D eigenvalue weighted by Crippen LogP contribution is 2.34. The fraction of sp³-hybridized carbons (Fsp3) is 0.318. The molecule has 7 nitrogen and oxygen atoms in total. The molecule has 3 aromatic rings. The average Bonchev–Trinajstić information content (AvgIpc) is 3.46. The van der Waals surface area contributed by atoms with Crippen LogP contribution in [0, 0.1) is 0 Å². The quantitative estimate of drug-likeness (QED) is 0.461. The Morgan fingerprint density at radius 2 is 2.09 bits per heavy atom.